The van der Waals surface area contributed by atoms with Gasteiger partial charge in [0.2, 0.25) is 0 Å². The van der Waals surface area contributed by atoms with Crippen LogP contribution in [0, 0.1) is 0 Å². The lowest BCUT2D eigenvalue weighted by atomic mass is 9.96. The van der Waals surface area contributed by atoms with Crippen molar-refractivity contribution in [2.24, 2.45) is 0 Å². The average molecular weight is 601 g/mol. The second kappa shape index (κ2) is 11.0. The number of amides is 1. The molecule has 0 aliphatic carbocycles. The van der Waals surface area contributed by atoms with Crippen LogP contribution in [0.25, 0.3) is 28.1 Å². The van der Waals surface area contributed by atoms with Crippen LogP contribution < -0.4 is 9.47 Å². The predicted molar refractivity (Wildman–Crippen MR) is 156 cm³/mol. The summed E-state index contributed by atoms with van der Waals surface area (Å²) in [4.78, 5) is 15.4. The highest BCUT2D eigenvalue weighted by Gasteiger charge is 2.35. The molecule has 2 aromatic carbocycles. The quantitative estimate of drug-likeness (QED) is 0.312. The Balaban J connectivity index is 1.72. The van der Waals surface area contributed by atoms with E-state index in [4.69, 9.17) is 37.8 Å². The summed E-state index contributed by atoms with van der Waals surface area (Å²) in [5.41, 5.74) is 3.84. The fourth-order valence-electron chi connectivity index (χ4n) is 4.63. The van der Waals surface area contributed by atoms with E-state index in [0.717, 1.165) is 5.56 Å². The van der Waals surface area contributed by atoms with Gasteiger partial charge in [0.1, 0.15) is 18.1 Å². The van der Waals surface area contributed by atoms with Crippen LogP contribution >= 0.6 is 23.2 Å². The maximum absolute atomic E-state index is 13.7. The molecule has 1 atom stereocenters. The van der Waals surface area contributed by atoms with Gasteiger partial charge in [-0.2, -0.15) is 10.2 Å². The first-order valence-corrected chi connectivity index (χ1v) is 13.7. The Hall–Kier alpha value is -3.57. The lowest BCUT2D eigenvalue weighted by molar-refractivity contribution is 0.0646. The summed E-state index contributed by atoms with van der Waals surface area (Å²) in [6, 6.07) is 8.80. The molecule has 216 valence electrons. The summed E-state index contributed by atoms with van der Waals surface area (Å²) in [6.45, 7) is 5.74. The number of benzene rings is 2. The molecule has 41 heavy (non-hydrogen) atoms. The number of aliphatic hydroxyl groups excluding tert-OH is 2. The van der Waals surface area contributed by atoms with Crippen LogP contribution in [0.1, 0.15) is 36.8 Å². The van der Waals surface area contributed by atoms with Gasteiger partial charge in [0.15, 0.2) is 5.69 Å². The molecule has 1 amide bonds. The second-order valence-electron chi connectivity index (χ2n) is 10.9. The van der Waals surface area contributed by atoms with Crippen molar-refractivity contribution >= 4 is 29.1 Å². The fourth-order valence-corrected chi connectivity index (χ4v) is 5.15. The number of carbonyl (C=O) groups is 1. The zero-order valence-electron chi connectivity index (χ0n) is 23.4. The maximum Gasteiger partial charge on any atom is 0.274 e. The highest BCUT2D eigenvalue weighted by atomic mass is 35.5. The molecule has 1 aliphatic rings. The van der Waals surface area contributed by atoms with Crippen LogP contribution in [0.5, 0.6) is 11.5 Å². The van der Waals surface area contributed by atoms with Crippen LogP contribution in [0.3, 0.4) is 0 Å². The minimum Gasteiger partial charge on any atom is -0.496 e. The van der Waals surface area contributed by atoms with Crippen LogP contribution in [0.15, 0.2) is 42.7 Å². The van der Waals surface area contributed by atoms with Gasteiger partial charge < -0.3 is 24.6 Å². The average Bonchev–Trinajstić information content (AvgIpc) is 3.55. The van der Waals surface area contributed by atoms with Gasteiger partial charge >= 0.3 is 0 Å². The first kappa shape index (κ1) is 28.9. The van der Waals surface area contributed by atoms with E-state index in [1.807, 2.05) is 26.8 Å². The second-order valence-corrected chi connectivity index (χ2v) is 11.7. The molecule has 5 rings (SSSR count). The Morgan fingerprint density at radius 3 is 2.51 bits per heavy atom. The van der Waals surface area contributed by atoms with Crippen LogP contribution in [-0.4, -0.2) is 73.0 Å². The topological polar surface area (TPSA) is 115 Å². The molecule has 10 nitrogen and oxygen atoms in total. The maximum atomic E-state index is 13.7. The zero-order chi connectivity index (χ0) is 29.6. The minimum atomic E-state index is -0.940. The summed E-state index contributed by atoms with van der Waals surface area (Å²) in [7, 11) is 3.31. The van der Waals surface area contributed by atoms with E-state index in [1.165, 1.54) is 0 Å². The molecule has 1 aliphatic heterocycles. The number of hydrogen-bond donors (Lipinski definition) is 2. The number of methoxy groups -OCH3 is 1. The highest BCUT2D eigenvalue weighted by molar-refractivity contribution is 6.34. The van der Waals surface area contributed by atoms with E-state index >= 15 is 0 Å². The number of aromatic nitrogens is 4. The van der Waals surface area contributed by atoms with Gasteiger partial charge in [0.25, 0.3) is 5.91 Å². The fraction of sp³-hybridized carbons (Fsp3) is 0.345. The molecular formula is C29H31Cl2N5O5. The van der Waals surface area contributed by atoms with Crippen LogP contribution in [-0.2, 0) is 13.2 Å². The molecule has 0 saturated heterocycles. The Bertz CT molecular complexity index is 1600. The normalized spacial score (nSPS) is 13.3. The van der Waals surface area contributed by atoms with E-state index < -0.39 is 11.6 Å². The highest BCUT2D eigenvalue weighted by Crippen LogP contribution is 2.46. The summed E-state index contributed by atoms with van der Waals surface area (Å²) in [5, 5.41) is 29.1. The van der Waals surface area contributed by atoms with Crippen molar-refractivity contribution in [1.29, 1.82) is 0 Å². The number of carbonyl (C=O) groups excluding carboxylic acids is 1. The number of halogens is 2. The van der Waals surface area contributed by atoms with Crippen molar-refractivity contribution in [3.05, 3.63) is 64.0 Å². The van der Waals surface area contributed by atoms with Crippen LogP contribution in [0.4, 0.5) is 0 Å². The molecule has 2 aromatic heterocycles. The van der Waals surface area contributed by atoms with Crippen LogP contribution in [0.2, 0.25) is 10.0 Å². The van der Waals surface area contributed by atoms with Crippen molar-refractivity contribution in [3.8, 4) is 39.6 Å². The van der Waals surface area contributed by atoms with Crippen molar-refractivity contribution in [2.75, 3.05) is 20.8 Å². The summed E-state index contributed by atoms with van der Waals surface area (Å²) in [6.07, 6.45) is 2.47. The van der Waals surface area contributed by atoms with Gasteiger partial charge in [0, 0.05) is 57.1 Å². The SMILES string of the molecule is COc1cc2c(cc1-c1cnn(CC(O)CO)c1)-c1c(c(C(=O)N(C)C(C)(C)C)nn1-c1cc(Cl)cc(Cl)c1)CO2. The molecule has 0 saturated carbocycles. The summed E-state index contributed by atoms with van der Waals surface area (Å²) >= 11 is 12.7. The van der Waals surface area contributed by atoms with Gasteiger partial charge in [-0.1, -0.05) is 23.2 Å². The Kier molecular flexibility index (Phi) is 7.78. The minimum absolute atomic E-state index is 0.120. The van der Waals surface area contributed by atoms with Gasteiger partial charge in [-0.15, -0.1) is 0 Å². The predicted octanol–water partition coefficient (Wildman–Crippen LogP) is 4.83. The van der Waals surface area contributed by atoms with E-state index in [2.05, 4.69) is 5.10 Å². The van der Waals surface area contributed by atoms with E-state index in [9.17, 15) is 15.0 Å². The van der Waals surface area contributed by atoms with Crippen molar-refractivity contribution < 1.29 is 24.5 Å². The molecule has 2 N–H and O–H groups in total. The smallest absolute Gasteiger partial charge is 0.274 e. The number of rotatable bonds is 7. The summed E-state index contributed by atoms with van der Waals surface area (Å²) < 4.78 is 15.1. The summed E-state index contributed by atoms with van der Waals surface area (Å²) in [5.74, 6) is 0.860. The molecular weight excluding hydrogens is 569 g/mol. The molecule has 0 spiro atoms. The van der Waals surface area contributed by atoms with E-state index in [-0.39, 0.29) is 31.4 Å². The zero-order valence-corrected chi connectivity index (χ0v) is 24.9. The third-order valence-corrected chi connectivity index (χ3v) is 7.51. The third kappa shape index (κ3) is 5.52. The molecule has 1 unspecified atom stereocenters. The molecule has 3 heterocycles. The van der Waals surface area contributed by atoms with Crippen molar-refractivity contribution in [1.82, 2.24) is 24.5 Å². The lowest BCUT2D eigenvalue weighted by Gasteiger charge is -2.31. The molecule has 0 bridgehead atoms. The van der Waals surface area contributed by atoms with E-state index in [1.54, 1.807) is 65.1 Å². The number of hydrogen-bond acceptors (Lipinski definition) is 7. The van der Waals surface area contributed by atoms with Crippen molar-refractivity contribution in [2.45, 2.75) is 45.6 Å². The number of nitrogens with zero attached hydrogens (tertiary/aromatic N) is 5. The third-order valence-electron chi connectivity index (χ3n) is 7.07. The Morgan fingerprint density at radius 2 is 1.88 bits per heavy atom. The standard InChI is InChI=1S/C29H31Cl2N5O5/c1-29(2,3)34(4)28(39)26-23-15-41-25-10-24(40-5)21(16-11-32-35(12-16)13-20(38)14-37)9-22(25)27(23)36(33-26)19-7-17(30)6-18(31)8-19/h6-12,20,37-38H,13-15H2,1-5H3. The largest absolute Gasteiger partial charge is 0.496 e. The first-order valence-electron chi connectivity index (χ1n) is 12.9. The molecule has 12 heteroatoms. The number of ether oxygens (including phenoxy) is 2. The Labute approximate surface area is 247 Å². The lowest BCUT2D eigenvalue weighted by Crippen LogP contribution is -2.43. The Morgan fingerprint density at radius 1 is 1.17 bits per heavy atom. The number of aliphatic hydroxyl groups is 2. The molecule has 0 radical (unpaired) electrons. The monoisotopic (exact) mass is 599 g/mol. The first-order chi connectivity index (χ1) is 19.4. The van der Waals surface area contributed by atoms with Gasteiger partial charge in [0.05, 0.1) is 43.9 Å². The number of fused-ring (bicyclic) bond motifs is 3. The van der Waals surface area contributed by atoms with Gasteiger partial charge in [-0.3, -0.25) is 9.48 Å². The van der Waals surface area contributed by atoms with Gasteiger partial charge in [-0.05, 0) is 45.0 Å². The molecule has 4 aromatic rings. The molecule has 0 fully saturated rings. The van der Waals surface area contributed by atoms with Crippen molar-refractivity contribution in [3.63, 3.8) is 0 Å². The van der Waals surface area contributed by atoms with Gasteiger partial charge in [-0.25, -0.2) is 4.68 Å². The van der Waals surface area contributed by atoms with E-state index in [0.29, 0.717) is 49.6 Å².